The van der Waals surface area contributed by atoms with Gasteiger partial charge in [-0.25, -0.2) is 0 Å². The Balaban J connectivity index is 1.57. The first-order valence-corrected chi connectivity index (χ1v) is 6.21. The summed E-state index contributed by atoms with van der Waals surface area (Å²) in [5.74, 6) is 0.917. The van der Waals surface area contributed by atoms with Crippen molar-refractivity contribution in [3.05, 3.63) is 23.8 Å². The lowest BCUT2D eigenvalue weighted by atomic mass is 10.1. The van der Waals surface area contributed by atoms with Crippen molar-refractivity contribution in [3.63, 3.8) is 0 Å². The average molecular weight is 248 g/mol. The van der Waals surface area contributed by atoms with E-state index in [1.54, 1.807) is 12.1 Å². The number of amides is 1. The Bertz CT molecular complexity index is 471. The number of fused-ring (bicyclic) bond motifs is 1. The third-order valence-corrected chi connectivity index (χ3v) is 3.23. The zero-order valence-electron chi connectivity index (χ0n) is 9.98. The molecule has 1 atom stereocenters. The van der Waals surface area contributed by atoms with Crippen molar-refractivity contribution in [2.45, 2.75) is 24.9 Å². The van der Waals surface area contributed by atoms with E-state index in [0.29, 0.717) is 24.9 Å². The summed E-state index contributed by atoms with van der Waals surface area (Å²) in [5.41, 5.74) is 0.993. The van der Waals surface area contributed by atoms with Gasteiger partial charge in [-0.1, -0.05) is 0 Å². The molecule has 1 aromatic rings. The largest absolute Gasteiger partial charge is 0.508 e. The molecule has 1 aliphatic carbocycles. The maximum Gasteiger partial charge on any atom is 0.234 e. The summed E-state index contributed by atoms with van der Waals surface area (Å²) in [4.78, 5) is 11.6. The number of phenolic OH excluding ortho intramolecular Hbond substituents is 1. The summed E-state index contributed by atoms with van der Waals surface area (Å²) in [6, 6.07) is 5.47. The van der Waals surface area contributed by atoms with Gasteiger partial charge in [-0.15, -0.1) is 0 Å². The second kappa shape index (κ2) is 4.49. The van der Waals surface area contributed by atoms with Crippen LogP contribution in [-0.2, 0) is 4.79 Å². The molecule has 1 aliphatic heterocycles. The lowest BCUT2D eigenvalue weighted by molar-refractivity contribution is -0.120. The maximum absolute atomic E-state index is 11.6. The molecule has 2 aliphatic rings. The van der Waals surface area contributed by atoms with Crippen molar-refractivity contribution < 1.29 is 14.6 Å². The number of ether oxygens (including phenoxy) is 1. The number of hydrogen-bond acceptors (Lipinski definition) is 4. The summed E-state index contributed by atoms with van der Waals surface area (Å²) >= 11 is 0. The fourth-order valence-corrected chi connectivity index (χ4v) is 2.09. The minimum atomic E-state index is 0.0190. The van der Waals surface area contributed by atoms with Gasteiger partial charge in [0.05, 0.1) is 12.6 Å². The number of carbonyl (C=O) groups excluding carboxylic acids is 1. The minimum Gasteiger partial charge on any atom is -0.508 e. The highest BCUT2D eigenvalue weighted by molar-refractivity contribution is 5.78. The minimum absolute atomic E-state index is 0.0190. The highest BCUT2D eigenvalue weighted by atomic mass is 16.5. The van der Waals surface area contributed by atoms with Gasteiger partial charge < -0.3 is 15.2 Å². The van der Waals surface area contributed by atoms with Crippen molar-refractivity contribution >= 4 is 5.91 Å². The van der Waals surface area contributed by atoms with Crippen molar-refractivity contribution in [2.24, 2.45) is 0 Å². The molecule has 1 amide bonds. The van der Waals surface area contributed by atoms with Crippen LogP contribution >= 0.6 is 0 Å². The molecule has 5 nitrogen and oxygen atoms in total. The molecule has 0 saturated heterocycles. The van der Waals surface area contributed by atoms with E-state index in [-0.39, 0.29) is 17.7 Å². The van der Waals surface area contributed by atoms with Crippen molar-refractivity contribution in [1.82, 2.24) is 10.6 Å². The fraction of sp³-hybridized carbons (Fsp3) is 0.462. The second-order valence-corrected chi connectivity index (χ2v) is 4.81. The van der Waals surface area contributed by atoms with Crippen LogP contribution < -0.4 is 15.4 Å². The highest BCUT2D eigenvalue weighted by Crippen LogP contribution is 2.34. The van der Waals surface area contributed by atoms with Gasteiger partial charge in [0.2, 0.25) is 5.91 Å². The zero-order valence-corrected chi connectivity index (χ0v) is 9.98. The van der Waals surface area contributed by atoms with E-state index in [4.69, 9.17) is 4.74 Å². The van der Waals surface area contributed by atoms with Gasteiger partial charge in [0.15, 0.2) is 0 Å². The van der Waals surface area contributed by atoms with Crippen LogP contribution in [-0.4, -0.2) is 30.2 Å². The van der Waals surface area contributed by atoms with Crippen LogP contribution in [0.1, 0.15) is 24.4 Å². The third kappa shape index (κ3) is 2.41. The van der Waals surface area contributed by atoms with Gasteiger partial charge in [0, 0.05) is 17.7 Å². The van der Waals surface area contributed by atoms with Crippen LogP contribution in [0.5, 0.6) is 11.5 Å². The Morgan fingerprint density at radius 3 is 3.06 bits per heavy atom. The van der Waals surface area contributed by atoms with Crippen molar-refractivity contribution in [1.29, 1.82) is 0 Å². The number of nitrogens with one attached hydrogen (secondary N) is 2. The number of aromatic hydroxyl groups is 1. The molecular weight excluding hydrogens is 232 g/mol. The SMILES string of the molecule is O=C(CNC1COc2cc(O)ccc21)NC1CC1. The number of benzene rings is 1. The Morgan fingerprint density at radius 2 is 2.28 bits per heavy atom. The number of hydrogen-bond donors (Lipinski definition) is 3. The first-order chi connectivity index (χ1) is 8.72. The number of carbonyl (C=O) groups is 1. The molecule has 0 aromatic heterocycles. The molecule has 0 bridgehead atoms. The monoisotopic (exact) mass is 248 g/mol. The number of phenols is 1. The van der Waals surface area contributed by atoms with Crippen LogP contribution in [0.3, 0.4) is 0 Å². The Kier molecular flexibility index (Phi) is 2.83. The first kappa shape index (κ1) is 11.3. The van der Waals surface area contributed by atoms with E-state index in [1.807, 2.05) is 6.07 Å². The Labute approximate surface area is 105 Å². The second-order valence-electron chi connectivity index (χ2n) is 4.81. The molecule has 1 saturated carbocycles. The molecule has 18 heavy (non-hydrogen) atoms. The Morgan fingerprint density at radius 1 is 1.44 bits per heavy atom. The molecule has 1 aromatic carbocycles. The summed E-state index contributed by atoms with van der Waals surface area (Å²) in [6.45, 7) is 0.792. The van der Waals surface area contributed by atoms with Gasteiger partial charge in [-0.2, -0.15) is 0 Å². The van der Waals surface area contributed by atoms with Gasteiger partial charge >= 0.3 is 0 Å². The van der Waals surface area contributed by atoms with E-state index in [1.165, 1.54) is 0 Å². The van der Waals surface area contributed by atoms with Crippen LogP contribution in [0, 0.1) is 0 Å². The molecule has 0 spiro atoms. The van der Waals surface area contributed by atoms with Gasteiger partial charge in [-0.3, -0.25) is 10.1 Å². The van der Waals surface area contributed by atoms with Crippen LogP contribution in [0.4, 0.5) is 0 Å². The topological polar surface area (TPSA) is 70.6 Å². The highest BCUT2D eigenvalue weighted by Gasteiger charge is 2.26. The molecule has 5 heteroatoms. The predicted octanol–water partition coefficient (Wildman–Crippen LogP) is 0.694. The molecule has 1 fully saturated rings. The predicted molar refractivity (Wildman–Crippen MR) is 65.5 cm³/mol. The summed E-state index contributed by atoms with van der Waals surface area (Å²) in [7, 11) is 0. The molecule has 1 heterocycles. The molecular formula is C13H16N2O3. The van der Waals surface area contributed by atoms with E-state index >= 15 is 0 Å². The van der Waals surface area contributed by atoms with E-state index in [2.05, 4.69) is 10.6 Å². The molecule has 3 rings (SSSR count). The van der Waals surface area contributed by atoms with Gasteiger partial charge in [-0.05, 0) is 25.0 Å². The smallest absolute Gasteiger partial charge is 0.234 e. The average Bonchev–Trinajstić information content (AvgIpc) is 3.06. The lowest BCUT2D eigenvalue weighted by Crippen LogP contribution is -2.37. The van der Waals surface area contributed by atoms with Crippen LogP contribution in [0.25, 0.3) is 0 Å². The van der Waals surface area contributed by atoms with E-state index in [9.17, 15) is 9.90 Å². The fourth-order valence-electron chi connectivity index (χ4n) is 2.09. The van der Waals surface area contributed by atoms with Crippen LogP contribution in [0.15, 0.2) is 18.2 Å². The van der Waals surface area contributed by atoms with Gasteiger partial charge in [0.25, 0.3) is 0 Å². The van der Waals surface area contributed by atoms with Crippen molar-refractivity contribution in [3.8, 4) is 11.5 Å². The van der Waals surface area contributed by atoms with E-state index in [0.717, 1.165) is 18.4 Å². The molecule has 1 unspecified atom stereocenters. The van der Waals surface area contributed by atoms with Crippen LogP contribution in [0.2, 0.25) is 0 Å². The molecule has 3 N–H and O–H groups in total. The third-order valence-electron chi connectivity index (χ3n) is 3.23. The summed E-state index contributed by atoms with van der Waals surface area (Å²) < 4.78 is 5.46. The number of rotatable bonds is 4. The lowest BCUT2D eigenvalue weighted by Gasteiger charge is -2.11. The normalized spacial score (nSPS) is 21.2. The summed E-state index contributed by atoms with van der Waals surface area (Å²) in [5, 5.41) is 15.4. The van der Waals surface area contributed by atoms with Crippen molar-refractivity contribution in [2.75, 3.05) is 13.2 Å². The standard InChI is InChI=1S/C13H16N2O3/c16-9-3-4-10-11(7-18-12(10)5-9)14-6-13(17)15-8-1-2-8/h3-5,8,11,14,16H,1-2,6-7H2,(H,15,17). The first-order valence-electron chi connectivity index (χ1n) is 6.21. The van der Waals surface area contributed by atoms with Gasteiger partial charge in [0.1, 0.15) is 18.1 Å². The van der Waals surface area contributed by atoms with E-state index < -0.39 is 0 Å². The molecule has 0 radical (unpaired) electrons. The maximum atomic E-state index is 11.6. The zero-order chi connectivity index (χ0) is 12.5. The summed E-state index contributed by atoms with van der Waals surface area (Å²) in [6.07, 6.45) is 2.20. The Hall–Kier alpha value is -1.75. The molecule has 96 valence electrons. The quantitative estimate of drug-likeness (QED) is 0.733.